The van der Waals surface area contributed by atoms with Gasteiger partial charge in [-0.2, -0.15) is 4.99 Å². The fraction of sp³-hybridized carbons (Fsp3) is 0.400. The Hall–Kier alpha value is -1.47. The lowest BCUT2D eigenvalue weighted by Gasteiger charge is -2.01. The molecular formula is C10H12N2O. The van der Waals surface area contributed by atoms with E-state index in [1.165, 1.54) is 6.08 Å². The first-order valence-electron chi connectivity index (χ1n) is 4.37. The van der Waals surface area contributed by atoms with Gasteiger partial charge in [0.25, 0.3) is 0 Å². The summed E-state index contributed by atoms with van der Waals surface area (Å²) in [5.41, 5.74) is 2.58. The predicted octanol–water partition coefficient (Wildman–Crippen LogP) is 2.17. The summed E-state index contributed by atoms with van der Waals surface area (Å²) in [5.74, 6) is 0. The maximum atomic E-state index is 10.1. The van der Waals surface area contributed by atoms with E-state index in [9.17, 15) is 4.79 Å². The van der Waals surface area contributed by atoms with Crippen LogP contribution in [0, 0.1) is 0 Å². The van der Waals surface area contributed by atoms with Gasteiger partial charge in [-0.15, -0.1) is 0 Å². The third-order valence-corrected chi connectivity index (χ3v) is 1.82. The van der Waals surface area contributed by atoms with Crippen molar-refractivity contribution in [2.24, 2.45) is 4.99 Å². The van der Waals surface area contributed by atoms with Crippen molar-refractivity contribution >= 4 is 11.8 Å². The number of nitrogens with zero attached hydrogens (tertiary/aromatic N) is 2. The summed E-state index contributed by atoms with van der Waals surface area (Å²) >= 11 is 0. The van der Waals surface area contributed by atoms with Crippen LogP contribution in [0.15, 0.2) is 17.1 Å². The SMILES string of the molecule is CCc1cc(N=C=O)cc(CC)n1. The van der Waals surface area contributed by atoms with Crippen LogP contribution < -0.4 is 0 Å². The molecular weight excluding hydrogens is 164 g/mol. The molecule has 0 fully saturated rings. The third kappa shape index (κ3) is 2.49. The number of hydrogen-bond acceptors (Lipinski definition) is 3. The van der Waals surface area contributed by atoms with Crippen LogP contribution in [0.25, 0.3) is 0 Å². The Bertz CT molecular complexity index is 319. The van der Waals surface area contributed by atoms with Crippen molar-refractivity contribution in [3.8, 4) is 0 Å². The number of isocyanates is 1. The van der Waals surface area contributed by atoms with Crippen molar-refractivity contribution in [2.75, 3.05) is 0 Å². The lowest BCUT2D eigenvalue weighted by Crippen LogP contribution is -1.92. The molecule has 3 nitrogen and oxygen atoms in total. The van der Waals surface area contributed by atoms with E-state index in [1.54, 1.807) is 0 Å². The summed E-state index contributed by atoms with van der Waals surface area (Å²) in [7, 11) is 0. The minimum absolute atomic E-state index is 0.652. The quantitative estimate of drug-likeness (QED) is 0.523. The monoisotopic (exact) mass is 176 g/mol. The lowest BCUT2D eigenvalue weighted by atomic mass is 10.2. The van der Waals surface area contributed by atoms with Gasteiger partial charge in [-0.05, 0) is 25.0 Å². The van der Waals surface area contributed by atoms with E-state index in [1.807, 2.05) is 26.0 Å². The van der Waals surface area contributed by atoms with E-state index in [-0.39, 0.29) is 0 Å². The average Bonchev–Trinajstić information content (AvgIpc) is 2.17. The van der Waals surface area contributed by atoms with Gasteiger partial charge in [0.1, 0.15) is 0 Å². The largest absolute Gasteiger partial charge is 0.258 e. The van der Waals surface area contributed by atoms with E-state index in [0.29, 0.717) is 5.69 Å². The van der Waals surface area contributed by atoms with Crippen molar-refractivity contribution in [3.63, 3.8) is 0 Å². The molecule has 0 aliphatic carbocycles. The second-order valence-electron chi connectivity index (χ2n) is 2.72. The third-order valence-electron chi connectivity index (χ3n) is 1.82. The number of hydrogen-bond donors (Lipinski definition) is 0. The van der Waals surface area contributed by atoms with Gasteiger partial charge >= 0.3 is 0 Å². The van der Waals surface area contributed by atoms with Crippen LogP contribution in [0.1, 0.15) is 25.2 Å². The molecule has 1 rings (SSSR count). The molecule has 0 radical (unpaired) electrons. The molecule has 3 heteroatoms. The molecule has 0 spiro atoms. The maximum Gasteiger partial charge on any atom is 0.240 e. The Kier molecular flexibility index (Phi) is 3.35. The van der Waals surface area contributed by atoms with E-state index in [2.05, 4.69) is 9.98 Å². The molecule has 68 valence electrons. The van der Waals surface area contributed by atoms with E-state index in [0.717, 1.165) is 24.2 Å². The first-order chi connectivity index (χ1) is 6.30. The van der Waals surface area contributed by atoms with E-state index < -0.39 is 0 Å². The second kappa shape index (κ2) is 4.53. The Morgan fingerprint density at radius 2 is 1.85 bits per heavy atom. The fourth-order valence-electron chi connectivity index (χ4n) is 1.11. The number of rotatable bonds is 3. The van der Waals surface area contributed by atoms with Gasteiger partial charge in [-0.25, -0.2) is 4.79 Å². The molecule has 0 aliphatic rings. The zero-order valence-corrected chi connectivity index (χ0v) is 7.87. The van der Waals surface area contributed by atoms with E-state index in [4.69, 9.17) is 0 Å². The van der Waals surface area contributed by atoms with E-state index >= 15 is 0 Å². The molecule has 1 heterocycles. The normalized spacial score (nSPS) is 9.38. The van der Waals surface area contributed by atoms with Gasteiger partial charge in [-0.1, -0.05) is 13.8 Å². The Balaban J connectivity index is 3.14. The summed E-state index contributed by atoms with van der Waals surface area (Å²) in [6.07, 6.45) is 3.25. The van der Waals surface area contributed by atoms with Gasteiger partial charge in [-0.3, -0.25) is 4.98 Å². The molecule has 0 unspecified atom stereocenters. The van der Waals surface area contributed by atoms with Gasteiger partial charge in [0.2, 0.25) is 6.08 Å². The zero-order chi connectivity index (χ0) is 9.68. The molecule has 0 saturated heterocycles. The first kappa shape index (κ1) is 9.62. The summed E-state index contributed by atoms with van der Waals surface area (Å²) in [5, 5.41) is 0. The highest BCUT2D eigenvalue weighted by atomic mass is 16.1. The Morgan fingerprint density at radius 3 is 2.23 bits per heavy atom. The first-order valence-corrected chi connectivity index (χ1v) is 4.37. The Morgan fingerprint density at radius 1 is 1.31 bits per heavy atom. The highest BCUT2D eigenvalue weighted by Gasteiger charge is 1.98. The minimum atomic E-state index is 0.652. The molecule has 0 atom stereocenters. The molecule has 0 N–H and O–H groups in total. The van der Waals surface area contributed by atoms with Crippen molar-refractivity contribution in [3.05, 3.63) is 23.5 Å². The van der Waals surface area contributed by atoms with Crippen molar-refractivity contribution in [1.29, 1.82) is 0 Å². The van der Waals surface area contributed by atoms with Gasteiger partial charge in [0, 0.05) is 11.4 Å². The maximum absolute atomic E-state index is 10.1. The number of aromatic nitrogens is 1. The molecule has 1 aromatic rings. The van der Waals surface area contributed by atoms with Crippen molar-refractivity contribution in [2.45, 2.75) is 26.7 Å². The van der Waals surface area contributed by atoms with Crippen molar-refractivity contribution < 1.29 is 4.79 Å². The molecule has 0 saturated carbocycles. The Labute approximate surface area is 77.5 Å². The highest BCUT2D eigenvalue weighted by molar-refractivity contribution is 5.49. The minimum Gasteiger partial charge on any atom is -0.258 e. The van der Waals surface area contributed by atoms with Crippen LogP contribution in [0.5, 0.6) is 0 Å². The average molecular weight is 176 g/mol. The van der Waals surface area contributed by atoms with Gasteiger partial charge < -0.3 is 0 Å². The molecule has 13 heavy (non-hydrogen) atoms. The summed E-state index contributed by atoms with van der Waals surface area (Å²) in [4.78, 5) is 18.0. The van der Waals surface area contributed by atoms with Crippen LogP contribution in [0.4, 0.5) is 5.69 Å². The molecule has 0 amide bonds. The summed E-state index contributed by atoms with van der Waals surface area (Å²) < 4.78 is 0. The molecule has 0 bridgehead atoms. The standard InChI is InChI=1S/C10H12N2O/c1-3-8-5-10(11-7-13)6-9(4-2)12-8/h5-6H,3-4H2,1-2H3. The van der Waals surface area contributed by atoms with Crippen molar-refractivity contribution in [1.82, 2.24) is 4.98 Å². The molecule has 0 aromatic carbocycles. The number of pyridine rings is 1. The number of carbonyl (C=O) groups excluding carboxylic acids is 1. The van der Waals surface area contributed by atoms with Gasteiger partial charge in [0.15, 0.2) is 0 Å². The molecule has 0 aliphatic heterocycles. The second-order valence-corrected chi connectivity index (χ2v) is 2.72. The zero-order valence-electron chi connectivity index (χ0n) is 7.87. The fourth-order valence-corrected chi connectivity index (χ4v) is 1.11. The van der Waals surface area contributed by atoms with Gasteiger partial charge in [0.05, 0.1) is 5.69 Å². The summed E-state index contributed by atoms with van der Waals surface area (Å²) in [6, 6.07) is 3.62. The van der Waals surface area contributed by atoms with Crippen LogP contribution in [0.2, 0.25) is 0 Å². The number of aryl methyl sites for hydroxylation is 2. The van der Waals surface area contributed by atoms with Crippen LogP contribution in [-0.4, -0.2) is 11.1 Å². The predicted molar refractivity (Wildman–Crippen MR) is 50.8 cm³/mol. The molecule has 1 aromatic heterocycles. The van der Waals surface area contributed by atoms with Crippen LogP contribution in [0.3, 0.4) is 0 Å². The number of aliphatic imine (C=N–C) groups is 1. The highest BCUT2D eigenvalue weighted by Crippen LogP contribution is 2.15. The summed E-state index contributed by atoms with van der Waals surface area (Å²) in [6.45, 7) is 4.05. The lowest BCUT2D eigenvalue weighted by molar-refractivity contribution is 0.565. The van der Waals surface area contributed by atoms with Crippen LogP contribution >= 0.6 is 0 Å². The topological polar surface area (TPSA) is 42.3 Å². The smallest absolute Gasteiger partial charge is 0.240 e. The van der Waals surface area contributed by atoms with Crippen LogP contribution in [-0.2, 0) is 17.6 Å².